The van der Waals surface area contributed by atoms with E-state index in [2.05, 4.69) is 5.32 Å². The Hall–Kier alpha value is -3.85. The van der Waals surface area contributed by atoms with Crippen molar-refractivity contribution in [2.24, 2.45) is 0 Å². The van der Waals surface area contributed by atoms with E-state index in [0.29, 0.717) is 21.3 Å². The Morgan fingerprint density at radius 1 is 0.837 bits per heavy atom. The lowest BCUT2D eigenvalue weighted by Crippen LogP contribution is -2.53. The fraction of sp³-hybridized carbons (Fsp3) is 0.212. The van der Waals surface area contributed by atoms with Crippen LogP contribution in [0.15, 0.2) is 102 Å². The minimum Gasteiger partial charge on any atom is -0.357 e. The number of likely N-dealkylation sites (N-methyl/N-ethyl adjacent to an activating group) is 1. The predicted molar refractivity (Wildman–Crippen MR) is 172 cm³/mol. The number of sulfonamides is 1. The normalized spacial score (nSPS) is 11.9. The maximum Gasteiger partial charge on any atom is 0.264 e. The summed E-state index contributed by atoms with van der Waals surface area (Å²) < 4.78 is 29.2. The van der Waals surface area contributed by atoms with Gasteiger partial charge in [-0.25, -0.2) is 8.42 Å². The Bertz CT molecular complexity index is 1700. The van der Waals surface area contributed by atoms with Crippen molar-refractivity contribution in [3.05, 3.63) is 129 Å². The molecule has 1 unspecified atom stereocenters. The molecule has 43 heavy (non-hydrogen) atoms. The summed E-state index contributed by atoms with van der Waals surface area (Å²) in [6.07, 6.45) is 0.201. The molecule has 2 amide bonds. The highest BCUT2D eigenvalue weighted by atomic mass is 35.5. The molecule has 10 heteroatoms. The summed E-state index contributed by atoms with van der Waals surface area (Å²) in [4.78, 5) is 29.1. The number of rotatable bonds is 11. The third kappa shape index (κ3) is 7.76. The number of carbonyl (C=O) groups excluding carboxylic acids is 2. The molecular formula is C33H33Cl2N3O4S. The lowest BCUT2D eigenvalue weighted by molar-refractivity contribution is -0.139. The van der Waals surface area contributed by atoms with Gasteiger partial charge in [0.2, 0.25) is 11.8 Å². The van der Waals surface area contributed by atoms with Gasteiger partial charge in [-0.15, -0.1) is 0 Å². The molecule has 4 rings (SSSR count). The van der Waals surface area contributed by atoms with Crippen molar-refractivity contribution in [2.75, 3.05) is 17.9 Å². The highest BCUT2D eigenvalue weighted by Gasteiger charge is 2.34. The Balaban J connectivity index is 1.82. The monoisotopic (exact) mass is 637 g/mol. The first-order valence-corrected chi connectivity index (χ1v) is 15.8. The van der Waals surface area contributed by atoms with Gasteiger partial charge >= 0.3 is 0 Å². The van der Waals surface area contributed by atoms with Crippen molar-refractivity contribution in [2.45, 2.75) is 37.8 Å². The van der Waals surface area contributed by atoms with E-state index < -0.39 is 34.4 Å². The summed E-state index contributed by atoms with van der Waals surface area (Å²) in [6.45, 7) is 3.21. The largest absolute Gasteiger partial charge is 0.357 e. The van der Waals surface area contributed by atoms with E-state index in [9.17, 15) is 18.0 Å². The maximum absolute atomic E-state index is 14.4. The van der Waals surface area contributed by atoms with Crippen LogP contribution in [-0.2, 0) is 32.6 Å². The molecule has 7 nitrogen and oxygen atoms in total. The van der Waals surface area contributed by atoms with Crippen molar-refractivity contribution in [1.82, 2.24) is 10.2 Å². The zero-order valence-corrected chi connectivity index (χ0v) is 26.5. The lowest BCUT2D eigenvalue weighted by atomic mass is 10.0. The van der Waals surface area contributed by atoms with E-state index in [1.807, 2.05) is 50.2 Å². The molecule has 0 fully saturated rings. The molecule has 0 aliphatic carbocycles. The highest BCUT2D eigenvalue weighted by molar-refractivity contribution is 7.92. The minimum atomic E-state index is -4.17. The standard InChI is InChI=1S/C33H33Cl2N3O4S/c1-23-14-17-28(18-24(23)2)38(43(41,42)29-12-8-5-9-13-29)22-32(39)37(21-26-15-16-27(34)20-30(26)35)31(33(40)36-3)19-25-10-6-4-7-11-25/h4-18,20,31H,19,21-22H2,1-3H3,(H,36,40). The van der Waals surface area contributed by atoms with Crippen LogP contribution in [-0.4, -0.2) is 44.8 Å². The Labute approximate surface area is 263 Å². The van der Waals surface area contributed by atoms with Gasteiger partial charge in [-0.2, -0.15) is 0 Å². The van der Waals surface area contributed by atoms with Crippen LogP contribution < -0.4 is 9.62 Å². The second-order valence-corrected chi connectivity index (χ2v) is 12.9. The first-order valence-electron chi connectivity index (χ1n) is 13.6. The SMILES string of the molecule is CNC(=O)C(Cc1ccccc1)N(Cc1ccc(Cl)cc1Cl)C(=O)CN(c1ccc(C)c(C)c1)S(=O)(=O)c1ccccc1. The Kier molecular flexibility index (Phi) is 10.5. The molecule has 0 aliphatic heterocycles. The summed E-state index contributed by atoms with van der Waals surface area (Å²) >= 11 is 12.6. The second kappa shape index (κ2) is 14.1. The summed E-state index contributed by atoms with van der Waals surface area (Å²) in [5, 5.41) is 3.41. The molecule has 0 saturated carbocycles. The van der Waals surface area contributed by atoms with Gasteiger partial charge < -0.3 is 10.2 Å². The number of nitrogens with one attached hydrogen (secondary N) is 1. The summed E-state index contributed by atoms with van der Waals surface area (Å²) in [7, 11) is -2.67. The molecule has 4 aromatic carbocycles. The summed E-state index contributed by atoms with van der Waals surface area (Å²) in [6, 6.07) is 26.4. The van der Waals surface area contributed by atoms with Gasteiger partial charge in [0.25, 0.3) is 10.0 Å². The number of aryl methyl sites for hydroxylation is 2. The average Bonchev–Trinajstić information content (AvgIpc) is 3.00. The van der Waals surface area contributed by atoms with Gasteiger partial charge in [0.05, 0.1) is 10.6 Å². The van der Waals surface area contributed by atoms with Crippen molar-refractivity contribution < 1.29 is 18.0 Å². The highest BCUT2D eigenvalue weighted by Crippen LogP contribution is 2.28. The van der Waals surface area contributed by atoms with Gasteiger partial charge in [-0.05, 0) is 72.5 Å². The Morgan fingerprint density at radius 2 is 1.49 bits per heavy atom. The van der Waals surface area contributed by atoms with Gasteiger partial charge in [0, 0.05) is 30.1 Å². The van der Waals surface area contributed by atoms with Crippen LogP contribution in [0.1, 0.15) is 22.3 Å². The topological polar surface area (TPSA) is 86.8 Å². The van der Waals surface area contributed by atoms with E-state index in [1.54, 1.807) is 48.5 Å². The number of carbonyl (C=O) groups is 2. The number of anilines is 1. The van der Waals surface area contributed by atoms with Crippen LogP contribution >= 0.6 is 23.2 Å². The molecule has 1 atom stereocenters. The maximum atomic E-state index is 14.4. The van der Waals surface area contributed by atoms with Crippen molar-refractivity contribution in [3.8, 4) is 0 Å². The van der Waals surface area contributed by atoms with Gasteiger partial charge in [-0.3, -0.25) is 13.9 Å². The molecule has 0 spiro atoms. The average molecular weight is 639 g/mol. The summed E-state index contributed by atoms with van der Waals surface area (Å²) in [5.74, 6) is -0.973. The third-order valence-corrected chi connectivity index (χ3v) is 9.64. The molecule has 0 heterocycles. The molecule has 0 aromatic heterocycles. The van der Waals surface area contributed by atoms with Crippen molar-refractivity contribution in [1.29, 1.82) is 0 Å². The molecule has 1 N–H and O–H groups in total. The van der Waals surface area contributed by atoms with E-state index in [0.717, 1.165) is 21.0 Å². The van der Waals surface area contributed by atoms with E-state index in [4.69, 9.17) is 23.2 Å². The predicted octanol–water partition coefficient (Wildman–Crippen LogP) is 6.19. The number of nitrogens with zero attached hydrogens (tertiary/aromatic N) is 2. The molecular weight excluding hydrogens is 605 g/mol. The number of hydrogen-bond acceptors (Lipinski definition) is 4. The van der Waals surface area contributed by atoms with Crippen LogP contribution in [0.5, 0.6) is 0 Å². The first-order chi connectivity index (χ1) is 20.5. The van der Waals surface area contributed by atoms with E-state index >= 15 is 0 Å². The molecule has 4 aromatic rings. The smallest absolute Gasteiger partial charge is 0.264 e. The van der Waals surface area contributed by atoms with E-state index in [-0.39, 0.29) is 17.9 Å². The quantitative estimate of drug-likeness (QED) is 0.212. The van der Waals surface area contributed by atoms with Crippen LogP contribution in [0, 0.1) is 13.8 Å². The third-order valence-electron chi connectivity index (χ3n) is 7.26. The number of amides is 2. The van der Waals surface area contributed by atoms with Crippen LogP contribution in [0.25, 0.3) is 0 Å². The van der Waals surface area contributed by atoms with Gasteiger partial charge in [0.15, 0.2) is 0 Å². The molecule has 224 valence electrons. The molecule has 0 radical (unpaired) electrons. The first kappa shape index (κ1) is 32.1. The summed E-state index contributed by atoms with van der Waals surface area (Å²) in [5.41, 5.74) is 3.58. The van der Waals surface area contributed by atoms with Crippen LogP contribution in [0.3, 0.4) is 0 Å². The number of benzene rings is 4. The van der Waals surface area contributed by atoms with Crippen molar-refractivity contribution in [3.63, 3.8) is 0 Å². The number of halogens is 2. The fourth-order valence-corrected chi connectivity index (χ4v) is 6.58. The fourth-order valence-electron chi connectivity index (χ4n) is 4.68. The number of hydrogen-bond donors (Lipinski definition) is 1. The van der Waals surface area contributed by atoms with Crippen molar-refractivity contribution >= 4 is 50.7 Å². The zero-order valence-electron chi connectivity index (χ0n) is 24.1. The molecule has 0 bridgehead atoms. The van der Waals surface area contributed by atoms with Crippen LogP contribution in [0.2, 0.25) is 10.0 Å². The Morgan fingerprint density at radius 3 is 2.09 bits per heavy atom. The van der Waals surface area contributed by atoms with E-state index in [1.165, 1.54) is 24.1 Å². The van der Waals surface area contributed by atoms with Gasteiger partial charge in [-0.1, -0.05) is 83.9 Å². The lowest BCUT2D eigenvalue weighted by Gasteiger charge is -2.34. The van der Waals surface area contributed by atoms with Crippen LogP contribution in [0.4, 0.5) is 5.69 Å². The van der Waals surface area contributed by atoms with Gasteiger partial charge in [0.1, 0.15) is 12.6 Å². The molecule has 0 aliphatic rings. The zero-order chi connectivity index (χ0) is 31.1. The minimum absolute atomic E-state index is 0.0421. The second-order valence-electron chi connectivity index (χ2n) is 10.2. The molecule has 0 saturated heterocycles.